The second-order valence-electron chi connectivity index (χ2n) is 5.17. The molecule has 1 nitrogen and oxygen atoms in total. The Bertz CT molecular complexity index is 618. The van der Waals surface area contributed by atoms with E-state index in [2.05, 4.69) is 58.0 Å². The second-order valence-corrected chi connectivity index (χ2v) is 8.85. The standard InChI is InChI=1S/C17H21NS3/c1-5-13(4)15(11-10-12(2)3)20-21-17-18-14-8-6-7-9-16(14)19-17/h5-10,15H,11H2,1-4H3/b13-5+. The Labute approximate surface area is 139 Å². The van der Waals surface area contributed by atoms with Gasteiger partial charge in [-0.05, 0) is 57.0 Å². The molecule has 1 unspecified atom stereocenters. The number of aromatic nitrogens is 1. The Morgan fingerprint density at radius 1 is 1.29 bits per heavy atom. The van der Waals surface area contributed by atoms with Crippen LogP contribution in [0.2, 0.25) is 0 Å². The Morgan fingerprint density at radius 2 is 2.05 bits per heavy atom. The summed E-state index contributed by atoms with van der Waals surface area (Å²) in [5.74, 6) is 0. The summed E-state index contributed by atoms with van der Waals surface area (Å²) in [6.45, 7) is 8.66. The van der Waals surface area contributed by atoms with Gasteiger partial charge in [0.1, 0.15) is 0 Å². The molecule has 0 aliphatic carbocycles. The molecule has 2 rings (SSSR count). The minimum atomic E-state index is 0.516. The van der Waals surface area contributed by atoms with E-state index in [1.807, 2.05) is 16.9 Å². The van der Waals surface area contributed by atoms with Gasteiger partial charge in [-0.15, -0.1) is 11.3 Å². The SMILES string of the molecule is C/C=C(\C)C(CC=C(C)C)SSc1nc2ccccc2s1. The monoisotopic (exact) mass is 335 g/mol. The molecule has 112 valence electrons. The van der Waals surface area contributed by atoms with Crippen molar-refractivity contribution in [3.63, 3.8) is 0 Å². The topological polar surface area (TPSA) is 12.9 Å². The van der Waals surface area contributed by atoms with Gasteiger partial charge in [0, 0.05) is 5.25 Å². The average molecular weight is 336 g/mol. The number of hydrogen-bond acceptors (Lipinski definition) is 4. The van der Waals surface area contributed by atoms with Gasteiger partial charge in [-0.1, -0.05) is 46.2 Å². The van der Waals surface area contributed by atoms with Crippen molar-refractivity contribution < 1.29 is 0 Å². The van der Waals surface area contributed by atoms with Gasteiger partial charge in [0.15, 0.2) is 4.34 Å². The van der Waals surface area contributed by atoms with E-state index in [-0.39, 0.29) is 0 Å². The molecule has 2 aromatic rings. The van der Waals surface area contributed by atoms with Gasteiger partial charge in [0.2, 0.25) is 0 Å². The zero-order chi connectivity index (χ0) is 15.2. The normalized spacial score (nSPS) is 13.4. The first kappa shape index (κ1) is 16.7. The molecule has 1 atom stereocenters. The Balaban J connectivity index is 2.05. The Hall–Kier alpha value is -0.710. The van der Waals surface area contributed by atoms with Crippen LogP contribution in [0.5, 0.6) is 0 Å². The molecule has 1 aromatic carbocycles. The van der Waals surface area contributed by atoms with Crippen molar-refractivity contribution in [3.05, 3.63) is 47.6 Å². The van der Waals surface area contributed by atoms with E-state index >= 15 is 0 Å². The summed E-state index contributed by atoms with van der Waals surface area (Å²) in [6, 6.07) is 8.34. The van der Waals surface area contributed by atoms with Crippen LogP contribution in [0, 0.1) is 0 Å². The highest BCUT2D eigenvalue weighted by atomic mass is 33.1. The van der Waals surface area contributed by atoms with E-state index in [4.69, 9.17) is 4.98 Å². The largest absolute Gasteiger partial charge is 0.229 e. The van der Waals surface area contributed by atoms with Gasteiger partial charge in [-0.2, -0.15) is 0 Å². The molecular weight excluding hydrogens is 314 g/mol. The molecule has 1 heterocycles. The lowest BCUT2D eigenvalue weighted by molar-refractivity contribution is 0.989. The van der Waals surface area contributed by atoms with E-state index in [0.717, 1.165) is 16.3 Å². The Morgan fingerprint density at radius 3 is 2.71 bits per heavy atom. The molecule has 0 saturated carbocycles. The van der Waals surface area contributed by atoms with Crippen molar-refractivity contribution in [2.45, 2.75) is 43.7 Å². The molecule has 0 radical (unpaired) electrons. The predicted octanol–water partition coefficient (Wildman–Crippen LogP) is 6.73. The summed E-state index contributed by atoms with van der Waals surface area (Å²) < 4.78 is 2.41. The quantitative estimate of drug-likeness (QED) is 0.429. The summed E-state index contributed by atoms with van der Waals surface area (Å²) in [6.07, 6.45) is 5.63. The number of thiazole rings is 1. The molecule has 4 heteroatoms. The number of para-hydroxylation sites is 1. The predicted molar refractivity (Wildman–Crippen MR) is 100 cm³/mol. The molecule has 0 fully saturated rings. The molecule has 0 aliphatic heterocycles. The minimum absolute atomic E-state index is 0.516. The van der Waals surface area contributed by atoms with E-state index in [0.29, 0.717) is 5.25 Å². The highest BCUT2D eigenvalue weighted by Gasteiger charge is 2.13. The van der Waals surface area contributed by atoms with E-state index in [9.17, 15) is 0 Å². The summed E-state index contributed by atoms with van der Waals surface area (Å²) in [4.78, 5) is 4.69. The molecular formula is C17H21NS3. The zero-order valence-corrected chi connectivity index (χ0v) is 15.4. The first-order valence-corrected chi connectivity index (χ1v) is 10.1. The van der Waals surface area contributed by atoms with E-state index in [1.165, 1.54) is 15.8 Å². The molecule has 0 amide bonds. The highest BCUT2D eigenvalue weighted by Crippen LogP contribution is 2.41. The lowest BCUT2D eigenvalue weighted by Crippen LogP contribution is -2.01. The van der Waals surface area contributed by atoms with Crippen LogP contribution in [0.15, 0.2) is 51.9 Å². The summed E-state index contributed by atoms with van der Waals surface area (Å²) in [5, 5.41) is 0.516. The minimum Gasteiger partial charge on any atom is -0.229 e. The number of allylic oxidation sites excluding steroid dienone is 3. The summed E-state index contributed by atoms with van der Waals surface area (Å²) in [7, 11) is 3.72. The third-order valence-corrected chi connectivity index (χ3v) is 7.45. The highest BCUT2D eigenvalue weighted by molar-refractivity contribution is 8.77. The van der Waals surface area contributed by atoms with Crippen LogP contribution < -0.4 is 0 Å². The fourth-order valence-corrected chi connectivity index (χ4v) is 5.77. The van der Waals surface area contributed by atoms with Crippen molar-refractivity contribution in [2.24, 2.45) is 0 Å². The molecule has 0 N–H and O–H groups in total. The summed E-state index contributed by atoms with van der Waals surface area (Å²) >= 11 is 1.78. The molecule has 0 spiro atoms. The van der Waals surface area contributed by atoms with Gasteiger partial charge in [0.25, 0.3) is 0 Å². The summed E-state index contributed by atoms with van der Waals surface area (Å²) in [5.41, 5.74) is 3.93. The fourth-order valence-electron chi connectivity index (χ4n) is 1.82. The van der Waals surface area contributed by atoms with Gasteiger partial charge < -0.3 is 0 Å². The van der Waals surface area contributed by atoms with E-state index in [1.54, 1.807) is 22.1 Å². The lowest BCUT2D eigenvalue weighted by atomic mass is 10.1. The number of nitrogens with zero attached hydrogens (tertiary/aromatic N) is 1. The van der Waals surface area contributed by atoms with Crippen LogP contribution in [0.3, 0.4) is 0 Å². The molecule has 1 aromatic heterocycles. The van der Waals surface area contributed by atoms with Crippen LogP contribution in [-0.2, 0) is 0 Å². The maximum atomic E-state index is 4.69. The number of fused-ring (bicyclic) bond motifs is 1. The Kier molecular flexibility index (Phi) is 6.40. The first-order valence-electron chi connectivity index (χ1n) is 7.05. The number of benzene rings is 1. The maximum absolute atomic E-state index is 4.69. The molecule has 0 saturated heterocycles. The van der Waals surface area contributed by atoms with Gasteiger partial charge >= 0.3 is 0 Å². The van der Waals surface area contributed by atoms with Crippen LogP contribution in [0.1, 0.15) is 34.1 Å². The maximum Gasteiger partial charge on any atom is 0.161 e. The van der Waals surface area contributed by atoms with Crippen LogP contribution in [0.25, 0.3) is 10.2 Å². The molecule has 21 heavy (non-hydrogen) atoms. The van der Waals surface area contributed by atoms with Crippen LogP contribution in [-0.4, -0.2) is 10.2 Å². The number of hydrogen-bond donors (Lipinski definition) is 0. The molecule has 0 bridgehead atoms. The second kappa shape index (κ2) is 8.06. The van der Waals surface area contributed by atoms with Crippen LogP contribution >= 0.6 is 32.9 Å². The first-order chi connectivity index (χ1) is 10.1. The smallest absolute Gasteiger partial charge is 0.161 e. The third-order valence-electron chi connectivity index (χ3n) is 3.21. The van der Waals surface area contributed by atoms with Crippen molar-refractivity contribution in [2.75, 3.05) is 0 Å². The fraction of sp³-hybridized carbons (Fsp3) is 0.353. The van der Waals surface area contributed by atoms with E-state index < -0.39 is 0 Å². The molecule has 0 aliphatic rings. The van der Waals surface area contributed by atoms with Crippen molar-refractivity contribution in [3.8, 4) is 0 Å². The van der Waals surface area contributed by atoms with Crippen molar-refractivity contribution >= 4 is 43.1 Å². The van der Waals surface area contributed by atoms with Crippen molar-refractivity contribution in [1.82, 2.24) is 4.98 Å². The average Bonchev–Trinajstić information content (AvgIpc) is 2.89. The van der Waals surface area contributed by atoms with Crippen LogP contribution in [0.4, 0.5) is 0 Å². The van der Waals surface area contributed by atoms with Crippen molar-refractivity contribution in [1.29, 1.82) is 0 Å². The third kappa shape index (κ3) is 4.90. The van der Waals surface area contributed by atoms with Gasteiger partial charge in [-0.25, -0.2) is 4.98 Å². The zero-order valence-electron chi connectivity index (χ0n) is 12.9. The number of rotatable bonds is 6. The van der Waals surface area contributed by atoms with Gasteiger partial charge in [-0.3, -0.25) is 0 Å². The van der Waals surface area contributed by atoms with Gasteiger partial charge in [0.05, 0.1) is 10.2 Å². The lowest BCUT2D eigenvalue weighted by Gasteiger charge is -2.14.